The van der Waals surface area contributed by atoms with Crippen LogP contribution in [0.1, 0.15) is 54.6 Å². The Kier molecular flexibility index (Phi) is 11.5. The number of amides is 1. The summed E-state index contributed by atoms with van der Waals surface area (Å²) in [5.41, 5.74) is 1.74. The number of rotatable bonds is 12. The van der Waals surface area contributed by atoms with E-state index in [2.05, 4.69) is 5.23 Å². The molecule has 0 aromatic heterocycles. The largest absolute Gasteiger partial charge is 0.460 e. The second-order valence-corrected chi connectivity index (χ2v) is 8.81. The van der Waals surface area contributed by atoms with Crippen LogP contribution in [0, 0.1) is 6.92 Å². The van der Waals surface area contributed by atoms with Crippen molar-refractivity contribution in [3.05, 3.63) is 34.9 Å². The number of esters is 1. The number of alkyl halides is 2. The summed E-state index contributed by atoms with van der Waals surface area (Å²) in [6.07, 6.45) is 0.905. The third-order valence-corrected chi connectivity index (χ3v) is 4.75. The summed E-state index contributed by atoms with van der Waals surface area (Å²) < 4.78 is 5.47. The first kappa shape index (κ1) is 26.5. The van der Waals surface area contributed by atoms with E-state index in [4.69, 9.17) is 27.9 Å². The molecule has 1 N–H and O–H groups in total. The fourth-order valence-electron chi connectivity index (χ4n) is 3.11. The van der Waals surface area contributed by atoms with Gasteiger partial charge in [-0.25, -0.2) is 0 Å². The van der Waals surface area contributed by atoms with Crippen LogP contribution in [0.5, 0.6) is 0 Å². The van der Waals surface area contributed by atoms with Crippen molar-refractivity contribution in [1.82, 2.24) is 10.1 Å². The number of halogens is 2. The quantitative estimate of drug-likeness (QED) is 0.172. The zero-order chi connectivity index (χ0) is 22.7. The zero-order valence-electron chi connectivity index (χ0n) is 18.2. The van der Waals surface area contributed by atoms with Crippen LogP contribution in [0.25, 0.3) is 0 Å². The van der Waals surface area contributed by atoms with Crippen LogP contribution in [-0.2, 0) is 14.3 Å². The second-order valence-electron chi connectivity index (χ2n) is 8.05. The molecule has 6 nitrogen and oxygen atoms in total. The predicted molar refractivity (Wildman–Crippen MR) is 124 cm³/mol. The lowest BCUT2D eigenvalue weighted by atomic mass is 9.88. The Labute approximate surface area is 189 Å². The lowest BCUT2D eigenvalue weighted by Crippen LogP contribution is -2.34. The Hall–Kier alpha value is -1.57. The summed E-state index contributed by atoms with van der Waals surface area (Å²) in [4.78, 5) is 37.7. The Morgan fingerprint density at radius 1 is 1.23 bits per heavy atom. The van der Waals surface area contributed by atoms with Crippen molar-refractivity contribution < 1.29 is 19.1 Å². The van der Waals surface area contributed by atoms with Gasteiger partial charge in [0.05, 0.1) is 12.6 Å². The minimum atomic E-state index is -0.589. The Bertz CT molecular complexity index is 719. The highest BCUT2D eigenvalue weighted by Gasteiger charge is 2.24. The van der Waals surface area contributed by atoms with Gasteiger partial charge < -0.3 is 19.7 Å². The van der Waals surface area contributed by atoms with Crippen LogP contribution in [0.3, 0.4) is 0 Å². The van der Waals surface area contributed by atoms with E-state index in [0.29, 0.717) is 37.0 Å². The molecule has 0 heterocycles. The molecule has 30 heavy (non-hydrogen) atoms. The molecule has 1 unspecified atom stereocenters. The second kappa shape index (κ2) is 13.0. The van der Waals surface area contributed by atoms with Crippen molar-refractivity contribution in [2.24, 2.45) is 0 Å². The molecule has 1 amide bonds. The molecule has 0 aliphatic rings. The van der Waals surface area contributed by atoms with Gasteiger partial charge in [-0.05, 0) is 57.5 Å². The summed E-state index contributed by atoms with van der Waals surface area (Å²) in [7, 11) is 0.182. The molecule has 9 heteroatoms. The van der Waals surface area contributed by atoms with E-state index >= 15 is 0 Å². The Balaban J connectivity index is 3.18. The van der Waals surface area contributed by atoms with E-state index in [9.17, 15) is 14.4 Å². The maximum Gasteiger partial charge on any atom is 0.306 e. The molecule has 1 aromatic rings. The average Bonchev–Trinajstić information content (AvgIpc) is 2.65. The van der Waals surface area contributed by atoms with E-state index in [0.717, 1.165) is 17.3 Å². The first-order chi connectivity index (χ1) is 14.1. The van der Waals surface area contributed by atoms with Crippen molar-refractivity contribution >= 4 is 48.7 Å². The van der Waals surface area contributed by atoms with Crippen LogP contribution in [0.15, 0.2) is 18.2 Å². The number of nitrogens with one attached hydrogen (secondary N) is 1. The van der Waals surface area contributed by atoms with Crippen LogP contribution < -0.4 is 5.23 Å². The summed E-state index contributed by atoms with van der Waals surface area (Å²) in [5.74, 6) is -0.102. The van der Waals surface area contributed by atoms with E-state index in [1.165, 1.54) is 0 Å². The molecule has 0 aliphatic heterocycles. The first-order valence-corrected chi connectivity index (χ1v) is 11.1. The number of carbonyl (C=O) groups is 3. The van der Waals surface area contributed by atoms with Crippen LogP contribution in [0.2, 0.25) is 0 Å². The lowest BCUT2D eigenvalue weighted by Gasteiger charge is -2.25. The molecule has 0 saturated heterocycles. The van der Waals surface area contributed by atoms with Gasteiger partial charge in [-0.2, -0.15) is 0 Å². The Morgan fingerprint density at radius 2 is 1.87 bits per heavy atom. The van der Waals surface area contributed by atoms with E-state index in [-0.39, 0.29) is 31.6 Å². The fraction of sp³-hybridized carbons (Fsp3) is 0.571. The smallest absolute Gasteiger partial charge is 0.306 e. The van der Waals surface area contributed by atoms with Gasteiger partial charge in [0, 0.05) is 36.3 Å². The predicted octanol–water partition coefficient (Wildman–Crippen LogP) is 2.86. The van der Waals surface area contributed by atoms with Crippen molar-refractivity contribution in [3.8, 4) is 0 Å². The van der Waals surface area contributed by atoms with Crippen molar-refractivity contribution in [2.45, 2.75) is 45.6 Å². The molecule has 1 aromatic carbocycles. The molecule has 0 fully saturated rings. The van der Waals surface area contributed by atoms with Gasteiger partial charge in [-0.15, -0.1) is 23.2 Å². The lowest BCUT2D eigenvalue weighted by molar-refractivity contribution is -0.155. The van der Waals surface area contributed by atoms with Gasteiger partial charge in [-0.1, -0.05) is 6.07 Å². The minimum Gasteiger partial charge on any atom is -0.460 e. The molecule has 1 rings (SSSR count). The van der Waals surface area contributed by atoms with Crippen molar-refractivity contribution in [3.63, 3.8) is 0 Å². The fourth-order valence-corrected chi connectivity index (χ4v) is 3.52. The molecule has 1 atom stereocenters. The number of hydrogen-bond donors (Lipinski definition) is 1. The summed E-state index contributed by atoms with van der Waals surface area (Å²) >= 11 is 11.7. The summed E-state index contributed by atoms with van der Waals surface area (Å²) in [6, 6.07) is 5.44. The van der Waals surface area contributed by atoms with Crippen LogP contribution >= 0.6 is 23.2 Å². The minimum absolute atomic E-state index is 0.134. The molecule has 166 valence electrons. The number of aryl methyl sites for hydroxylation is 1. The van der Waals surface area contributed by atoms with Crippen molar-refractivity contribution in [2.75, 3.05) is 31.4 Å². The van der Waals surface area contributed by atoms with Crippen LogP contribution in [0.4, 0.5) is 0 Å². The zero-order valence-corrected chi connectivity index (χ0v) is 19.7. The summed E-state index contributed by atoms with van der Waals surface area (Å²) in [6.45, 7) is 8.59. The molecule has 0 radical (unpaired) electrons. The van der Waals surface area contributed by atoms with Gasteiger partial charge in [-0.3, -0.25) is 9.59 Å². The number of carbonyl (C=O) groups excluding carboxylic acids is 3. The number of nitrogens with zero attached hydrogens (tertiary/aromatic N) is 1. The maximum atomic E-state index is 12.9. The number of benzene rings is 1. The molecular formula is C21H31BCl2N2O4. The highest BCUT2D eigenvalue weighted by molar-refractivity contribution is 6.64. The van der Waals surface area contributed by atoms with Gasteiger partial charge in [0.15, 0.2) is 0 Å². The monoisotopic (exact) mass is 456 g/mol. The van der Waals surface area contributed by atoms with Gasteiger partial charge in [0.1, 0.15) is 5.60 Å². The highest BCUT2D eigenvalue weighted by atomic mass is 35.5. The van der Waals surface area contributed by atoms with Gasteiger partial charge in [0.2, 0.25) is 0 Å². The SMILES string of the molecule is Cc1ccc(C(=O)N(CCCl)CCCl)cc1C(CNBC=O)CC(=O)OC(C)(C)C. The van der Waals surface area contributed by atoms with Gasteiger partial charge >= 0.3 is 5.97 Å². The summed E-state index contributed by atoms with van der Waals surface area (Å²) in [5, 5.41) is 3.04. The molecule has 0 aliphatic carbocycles. The molecular weight excluding hydrogens is 426 g/mol. The van der Waals surface area contributed by atoms with Crippen LogP contribution in [-0.4, -0.2) is 67.4 Å². The van der Waals surface area contributed by atoms with E-state index in [1.54, 1.807) is 11.0 Å². The number of hydrogen-bond acceptors (Lipinski definition) is 5. The topological polar surface area (TPSA) is 75.7 Å². The van der Waals surface area contributed by atoms with Crippen molar-refractivity contribution in [1.29, 1.82) is 0 Å². The van der Waals surface area contributed by atoms with Gasteiger partial charge in [0.25, 0.3) is 13.3 Å². The molecule has 0 saturated carbocycles. The standard InChI is InChI=1S/C21H31BCl2N2O4/c1-15-5-6-16(20(29)26(9-7-23)10-8-24)11-18(15)17(13-25-22-14-27)12-19(28)30-21(2,3)4/h5-6,11,14,17,22,25H,7-10,12-13H2,1-4H3. The number of ether oxygens (including phenoxy) is 1. The first-order valence-electron chi connectivity index (χ1n) is 10.0. The van der Waals surface area contributed by atoms with E-state index < -0.39 is 5.60 Å². The molecule has 0 spiro atoms. The van der Waals surface area contributed by atoms with E-state index in [1.807, 2.05) is 39.8 Å². The third kappa shape index (κ3) is 9.06. The highest BCUT2D eigenvalue weighted by Crippen LogP contribution is 2.26. The maximum absolute atomic E-state index is 12.9. The average molecular weight is 457 g/mol. The third-order valence-electron chi connectivity index (χ3n) is 4.41. The normalized spacial score (nSPS) is 12.2. The molecule has 0 bridgehead atoms. The Morgan fingerprint density at radius 3 is 2.40 bits per heavy atom.